The highest BCUT2D eigenvalue weighted by molar-refractivity contribution is 6.03. The summed E-state index contributed by atoms with van der Waals surface area (Å²) in [5.41, 5.74) is -22.1. The topological polar surface area (TPSA) is 217 Å². The number of rotatable bonds is 8. The molecular formula is C38H18F18N12O6. The van der Waals surface area contributed by atoms with Gasteiger partial charge >= 0.3 is 37.1 Å². The molecule has 18 nitrogen and oxygen atoms in total. The molecule has 0 aliphatic carbocycles. The van der Waals surface area contributed by atoms with E-state index in [0.29, 0.717) is 0 Å². The largest absolute Gasteiger partial charge is 0.435 e. The number of nitrogens with zero attached hydrogens (tertiary/aromatic N) is 12. The quantitative estimate of drug-likeness (QED) is 0.0790. The number of nitro benzene ring substituents is 2. The van der Waals surface area contributed by atoms with Crippen molar-refractivity contribution in [1.29, 1.82) is 0 Å². The maximum atomic E-state index is 14.2. The lowest BCUT2D eigenvalue weighted by atomic mass is 9.84. The van der Waals surface area contributed by atoms with E-state index in [1.165, 1.54) is 0 Å². The Hall–Kier alpha value is -8.50. The van der Waals surface area contributed by atoms with Gasteiger partial charge in [0.25, 0.3) is 22.6 Å². The molecule has 4 aromatic carbocycles. The Kier molecular flexibility index (Phi) is 13.1. The maximum absolute atomic E-state index is 14.2. The second-order valence-electron chi connectivity index (χ2n) is 15.3. The Morgan fingerprint density at radius 3 is 1.23 bits per heavy atom. The van der Waals surface area contributed by atoms with Crippen LogP contribution in [-0.2, 0) is 45.6 Å². The number of tetrazole rings is 2. The summed E-state index contributed by atoms with van der Waals surface area (Å²) in [4.78, 5) is 31.0. The summed E-state index contributed by atoms with van der Waals surface area (Å²) < 4.78 is 245. The maximum Gasteiger partial charge on any atom is 0.435 e. The molecule has 0 amide bonds. The van der Waals surface area contributed by atoms with Crippen molar-refractivity contribution < 1.29 is 98.5 Å². The molecule has 0 spiro atoms. The highest BCUT2D eigenvalue weighted by Crippen LogP contribution is 2.53. The fourth-order valence-electron chi connectivity index (χ4n) is 7.10. The van der Waals surface area contributed by atoms with Crippen molar-refractivity contribution in [3.8, 4) is 11.4 Å². The SMILES string of the molecule is O=[N+]([O-])c1cc(C2=NOC(c3cc(C(F)(F)F)cc(C(F)(F)F)c3)(C(F)(F)F)C2)ccc1-n1cnnn1.O=[N+]([O-])c1cc(C2=NOC(c3cc(C(F)(F)F)cc(C(F)(F)F)c3)(C(F)(F)F)C2)ccc1-n1ncnn1. The number of hydrogen-bond acceptors (Lipinski definition) is 14. The van der Waals surface area contributed by atoms with Crippen molar-refractivity contribution in [3.63, 3.8) is 0 Å². The zero-order chi connectivity index (χ0) is 54.8. The van der Waals surface area contributed by atoms with Crippen molar-refractivity contribution in [2.75, 3.05) is 0 Å². The van der Waals surface area contributed by atoms with Crippen molar-refractivity contribution in [2.45, 2.75) is 61.1 Å². The van der Waals surface area contributed by atoms with Gasteiger partial charge in [0.1, 0.15) is 12.0 Å². The molecule has 2 atom stereocenters. The van der Waals surface area contributed by atoms with Crippen molar-refractivity contribution in [2.24, 2.45) is 10.3 Å². The summed E-state index contributed by atoms with van der Waals surface area (Å²) in [5.74, 6) is 0. The number of oxime groups is 2. The van der Waals surface area contributed by atoms with Gasteiger partial charge in [-0.1, -0.05) is 22.4 Å². The number of aromatic nitrogens is 8. The predicted molar refractivity (Wildman–Crippen MR) is 204 cm³/mol. The van der Waals surface area contributed by atoms with Crippen LogP contribution in [0.3, 0.4) is 0 Å². The summed E-state index contributed by atoms with van der Waals surface area (Å²) in [6.07, 6.45) is -33.6. The van der Waals surface area contributed by atoms with Gasteiger partial charge in [-0.2, -0.15) is 83.7 Å². The third-order valence-electron chi connectivity index (χ3n) is 10.7. The molecule has 2 unspecified atom stereocenters. The molecule has 0 saturated carbocycles. The van der Waals surface area contributed by atoms with E-state index in [0.717, 1.165) is 58.5 Å². The van der Waals surface area contributed by atoms with Gasteiger partial charge in [-0.25, -0.2) is 0 Å². The molecule has 4 heterocycles. The minimum atomic E-state index is -5.55. The van der Waals surface area contributed by atoms with Crippen molar-refractivity contribution in [1.82, 2.24) is 40.4 Å². The van der Waals surface area contributed by atoms with Crippen LogP contribution in [0.5, 0.6) is 0 Å². The molecule has 2 aromatic heterocycles. The normalized spacial score (nSPS) is 18.5. The third kappa shape index (κ3) is 10.3. The van der Waals surface area contributed by atoms with Crippen LogP contribution in [0.4, 0.5) is 90.4 Å². The predicted octanol–water partition coefficient (Wildman–Crippen LogP) is 10.4. The zero-order valence-electron chi connectivity index (χ0n) is 35.1. The second kappa shape index (κ2) is 18.2. The smallest absolute Gasteiger partial charge is 0.374 e. The van der Waals surface area contributed by atoms with Gasteiger partial charge in [-0.15, -0.1) is 20.1 Å². The van der Waals surface area contributed by atoms with E-state index in [2.05, 4.69) is 50.9 Å². The lowest BCUT2D eigenvalue weighted by Crippen LogP contribution is -2.43. The summed E-state index contributed by atoms with van der Waals surface area (Å²) in [7, 11) is 0. The molecule has 0 fully saturated rings. The average molecular weight is 1080 g/mol. The summed E-state index contributed by atoms with van der Waals surface area (Å²) >= 11 is 0. The van der Waals surface area contributed by atoms with Crippen molar-refractivity contribution >= 4 is 22.8 Å². The molecule has 0 N–H and O–H groups in total. The minimum absolute atomic E-state index is 0.107. The zero-order valence-corrected chi connectivity index (χ0v) is 35.1. The van der Waals surface area contributed by atoms with E-state index in [4.69, 9.17) is 0 Å². The first-order valence-corrected chi connectivity index (χ1v) is 19.3. The molecule has 2 aliphatic rings. The first-order chi connectivity index (χ1) is 34.1. The molecule has 36 heteroatoms. The standard InChI is InChI=1S/2C19H9F9N6O3/c20-17(21,22)11-4-10(5-12(6-11)18(23,24)25)16(19(26,27)28)7-13(30-37-16)9-1-2-14(15(3-9)34(35)36)33-8-29-31-32-33;20-17(21,22)11-4-10(5-12(6-11)18(23,24)25)16(19(26,27)28)7-13(31-37-16)9-1-2-14(15(3-9)34(35)36)33-30-8-29-32-33/h2*1-6,8H,7H2. The van der Waals surface area contributed by atoms with Crippen LogP contribution >= 0.6 is 0 Å². The third-order valence-corrected chi connectivity index (χ3v) is 10.7. The lowest BCUT2D eigenvalue weighted by molar-refractivity contribution is -0.384. The van der Waals surface area contributed by atoms with Crippen LogP contribution in [-0.4, -0.2) is 74.0 Å². The average Bonchev–Trinajstić information content (AvgIpc) is 4.15. The Labute approximate surface area is 394 Å². The second-order valence-corrected chi connectivity index (χ2v) is 15.3. The van der Waals surface area contributed by atoms with Crippen LogP contribution in [0.2, 0.25) is 0 Å². The molecule has 0 bridgehead atoms. The first-order valence-electron chi connectivity index (χ1n) is 19.3. The molecule has 8 rings (SSSR count). The fourth-order valence-corrected chi connectivity index (χ4v) is 7.10. The number of nitro groups is 2. The van der Waals surface area contributed by atoms with Gasteiger partial charge in [-0.05, 0) is 64.2 Å². The van der Waals surface area contributed by atoms with Crippen LogP contribution in [0, 0.1) is 20.2 Å². The molecule has 2 aliphatic heterocycles. The Bertz CT molecular complexity index is 2910. The van der Waals surface area contributed by atoms with Crippen LogP contribution in [0.15, 0.2) is 95.8 Å². The molecule has 392 valence electrons. The van der Waals surface area contributed by atoms with Crippen LogP contribution < -0.4 is 0 Å². The van der Waals surface area contributed by atoms with E-state index in [-0.39, 0.29) is 58.9 Å². The molecular weight excluding hydrogens is 1060 g/mol. The van der Waals surface area contributed by atoms with Gasteiger partial charge in [-0.3, -0.25) is 20.2 Å². The first kappa shape index (κ1) is 53.3. The Morgan fingerprint density at radius 2 is 0.905 bits per heavy atom. The van der Waals surface area contributed by atoms with E-state index in [9.17, 15) is 99.3 Å². The summed E-state index contributed by atoms with van der Waals surface area (Å²) in [6.45, 7) is 0. The van der Waals surface area contributed by atoms with Gasteiger partial charge < -0.3 is 9.68 Å². The highest BCUT2D eigenvalue weighted by Gasteiger charge is 2.64. The Balaban J connectivity index is 0.000000216. The molecule has 0 saturated heterocycles. The number of halogens is 18. The summed E-state index contributed by atoms with van der Waals surface area (Å²) in [5, 5.41) is 50.1. The number of benzene rings is 4. The van der Waals surface area contributed by atoms with Gasteiger partial charge in [0.15, 0.2) is 12.0 Å². The van der Waals surface area contributed by atoms with E-state index < -0.39 is 127 Å². The van der Waals surface area contributed by atoms with Gasteiger partial charge in [0, 0.05) is 47.2 Å². The van der Waals surface area contributed by atoms with E-state index in [1.807, 2.05) is 0 Å². The molecule has 0 radical (unpaired) electrons. The number of alkyl halides is 18. The van der Waals surface area contributed by atoms with Crippen molar-refractivity contribution in [3.05, 3.63) is 150 Å². The Morgan fingerprint density at radius 1 is 0.514 bits per heavy atom. The summed E-state index contributed by atoms with van der Waals surface area (Å²) in [6, 6.07) is 4.72. The van der Waals surface area contributed by atoms with E-state index >= 15 is 0 Å². The lowest BCUT2D eigenvalue weighted by Gasteiger charge is -2.30. The molecule has 6 aromatic rings. The fraction of sp³-hybridized carbons (Fsp3) is 0.263. The monoisotopic (exact) mass is 1080 g/mol. The molecule has 74 heavy (non-hydrogen) atoms. The van der Waals surface area contributed by atoms with Gasteiger partial charge in [0.2, 0.25) is 0 Å². The highest BCUT2D eigenvalue weighted by atomic mass is 19.4. The number of hydrogen-bond donors (Lipinski definition) is 0. The van der Waals surface area contributed by atoms with Gasteiger partial charge in [0.05, 0.1) is 43.5 Å². The minimum Gasteiger partial charge on any atom is -0.374 e. The van der Waals surface area contributed by atoms with Crippen LogP contribution in [0.1, 0.15) is 57.3 Å². The van der Waals surface area contributed by atoms with Crippen LogP contribution in [0.25, 0.3) is 11.4 Å². The van der Waals surface area contributed by atoms with E-state index in [1.54, 1.807) is 0 Å².